The van der Waals surface area contributed by atoms with E-state index in [1.54, 1.807) is 6.20 Å². The number of hydrogen-bond acceptors (Lipinski definition) is 6. The largest absolute Gasteiger partial charge is 0.477 e. The Morgan fingerprint density at radius 1 is 1.35 bits per heavy atom. The fourth-order valence-corrected chi connectivity index (χ4v) is 2.90. The van der Waals surface area contributed by atoms with Gasteiger partial charge in [-0.3, -0.25) is 0 Å². The van der Waals surface area contributed by atoms with Crippen molar-refractivity contribution in [3.63, 3.8) is 0 Å². The molecule has 6 nitrogen and oxygen atoms in total. The van der Waals surface area contributed by atoms with Gasteiger partial charge in [0.2, 0.25) is 0 Å². The summed E-state index contributed by atoms with van der Waals surface area (Å²) in [6, 6.07) is 3.74. The zero-order chi connectivity index (χ0) is 14.1. The molecule has 0 amide bonds. The van der Waals surface area contributed by atoms with E-state index in [1.165, 1.54) is 6.20 Å². The Hall–Kier alpha value is -1.99. The lowest BCUT2D eigenvalue weighted by molar-refractivity contribution is 0.0702. The smallest absolute Gasteiger partial charge is 0.347 e. The van der Waals surface area contributed by atoms with Crippen LogP contribution in [0.4, 0.5) is 5.82 Å². The fourth-order valence-electron chi connectivity index (χ4n) is 2.16. The van der Waals surface area contributed by atoms with Gasteiger partial charge in [0, 0.05) is 24.8 Å². The van der Waals surface area contributed by atoms with Crippen LogP contribution in [0, 0.1) is 0 Å². The predicted octanol–water partition coefficient (Wildman–Crippen LogP) is 1.47. The number of rotatable bonds is 3. The maximum atomic E-state index is 10.8. The Morgan fingerprint density at radius 3 is 2.75 bits per heavy atom. The van der Waals surface area contributed by atoms with Crippen molar-refractivity contribution in [2.75, 3.05) is 18.0 Å². The Bertz CT molecular complexity index is 626. The molecule has 0 unspecified atom stereocenters. The average Bonchev–Trinajstić information content (AvgIpc) is 3.08. The first-order valence-corrected chi connectivity index (χ1v) is 7.03. The summed E-state index contributed by atoms with van der Waals surface area (Å²) in [7, 11) is 0. The van der Waals surface area contributed by atoms with Crippen LogP contribution in [0.1, 0.15) is 16.1 Å². The van der Waals surface area contributed by atoms with Gasteiger partial charge >= 0.3 is 5.97 Å². The van der Waals surface area contributed by atoms with Crippen molar-refractivity contribution in [3.8, 4) is 10.6 Å². The molecule has 104 valence electrons. The van der Waals surface area contributed by atoms with Gasteiger partial charge in [-0.15, -0.1) is 11.3 Å². The number of nitrogens with zero attached hydrogens (tertiary/aromatic N) is 3. The van der Waals surface area contributed by atoms with Gasteiger partial charge in [0.25, 0.3) is 0 Å². The third-order valence-electron chi connectivity index (χ3n) is 3.20. The molecule has 0 bridgehead atoms. The van der Waals surface area contributed by atoms with Gasteiger partial charge in [0.1, 0.15) is 15.7 Å². The molecule has 0 aromatic carbocycles. The van der Waals surface area contributed by atoms with E-state index in [2.05, 4.69) is 9.97 Å². The molecule has 1 aliphatic rings. The van der Waals surface area contributed by atoms with Crippen LogP contribution < -0.4 is 4.90 Å². The van der Waals surface area contributed by atoms with Crippen LogP contribution in [0.5, 0.6) is 0 Å². The molecule has 1 atom stereocenters. The highest BCUT2D eigenvalue weighted by Gasteiger charge is 2.21. The molecule has 1 saturated heterocycles. The van der Waals surface area contributed by atoms with E-state index < -0.39 is 5.97 Å². The summed E-state index contributed by atoms with van der Waals surface area (Å²) in [5.74, 6) is -0.148. The fraction of sp³-hybridized carbons (Fsp3) is 0.308. The molecule has 1 aliphatic heterocycles. The van der Waals surface area contributed by atoms with Crippen LogP contribution in [0.25, 0.3) is 10.6 Å². The van der Waals surface area contributed by atoms with E-state index in [4.69, 9.17) is 5.11 Å². The molecule has 2 aromatic rings. The van der Waals surface area contributed by atoms with Crippen molar-refractivity contribution in [1.29, 1.82) is 0 Å². The zero-order valence-electron chi connectivity index (χ0n) is 10.6. The number of aromatic carboxylic acids is 1. The maximum absolute atomic E-state index is 10.8. The van der Waals surface area contributed by atoms with Crippen LogP contribution in [0.15, 0.2) is 24.5 Å². The van der Waals surface area contributed by atoms with Crippen molar-refractivity contribution in [2.24, 2.45) is 0 Å². The standard InChI is InChI=1S/C13H13N3O3S/c17-9-3-4-16(7-9)11-2-1-8(5-14-11)12-15-6-10(20-12)13(18)19/h1-2,5-6,9,17H,3-4,7H2,(H,18,19)/t9-/m0/s1. The van der Waals surface area contributed by atoms with Crippen molar-refractivity contribution >= 4 is 23.1 Å². The van der Waals surface area contributed by atoms with Crippen molar-refractivity contribution < 1.29 is 15.0 Å². The molecule has 1 fully saturated rings. The minimum absolute atomic E-state index is 0.215. The second-order valence-electron chi connectivity index (χ2n) is 4.63. The minimum Gasteiger partial charge on any atom is -0.477 e. The molecule has 7 heteroatoms. The molecule has 3 rings (SSSR count). The van der Waals surface area contributed by atoms with Crippen LogP contribution >= 0.6 is 11.3 Å². The summed E-state index contributed by atoms with van der Waals surface area (Å²) in [4.78, 5) is 21.5. The molecule has 2 aromatic heterocycles. The molecular formula is C13H13N3O3S. The Labute approximate surface area is 119 Å². The second-order valence-corrected chi connectivity index (χ2v) is 5.66. The number of thiazole rings is 1. The van der Waals surface area contributed by atoms with Gasteiger partial charge in [-0.25, -0.2) is 14.8 Å². The van der Waals surface area contributed by atoms with Crippen LogP contribution in [-0.2, 0) is 0 Å². The van der Waals surface area contributed by atoms with E-state index in [9.17, 15) is 9.90 Å². The Balaban J connectivity index is 1.80. The quantitative estimate of drug-likeness (QED) is 0.890. The normalized spacial score (nSPS) is 18.4. The number of carboxylic acid groups (broad SMARTS) is 1. The van der Waals surface area contributed by atoms with Gasteiger partial charge in [0.15, 0.2) is 0 Å². The average molecular weight is 291 g/mol. The van der Waals surface area contributed by atoms with E-state index in [-0.39, 0.29) is 11.0 Å². The number of hydrogen-bond donors (Lipinski definition) is 2. The SMILES string of the molecule is O=C(O)c1cnc(-c2ccc(N3CC[C@H](O)C3)nc2)s1. The summed E-state index contributed by atoms with van der Waals surface area (Å²) < 4.78 is 0. The number of anilines is 1. The van der Waals surface area contributed by atoms with Gasteiger partial charge < -0.3 is 15.1 Å². The lowest BCUT2D eigenvalue weighted by atomic mass is 10.3. The first-order valence-electron chi connectivity index (χ1n) is 6.22. The van der Waals surface area contributed by atoms with Crippen molar-refractivity contribution in [1.82, 2.24) is 9.97 Å². The minimum atomic E-state index is -0.968. The summed E-state index contributed by atoms with van der Waals surface area (Å²) in [6.07, 6.45) is 3.52. The number of aromatic nitrogens is 2. The first kappa shape index (κ1) is 13.0. The molecule has 0 spiro atoms. The van der Waals surface area contributed by atoms with Gasteiger partial charge in [0.05, 0.1) is 12.3 Å². The number of carbonyl (C=O) groups is 1. The Morgan fingerprint density at radius 2 is 2.20 bits per heavy atom. The lowest BCUT2D eigenvalue weighted by Gasteiger charge is -2.16. The number of carboxylic acids is 1. The van der Waals surface area contributed by atoms with Crippen LogP contribution in [-0.4, -0.2) is 45.3 Å². The lowest BCUT2D eigenvalue weighted by Crippen LogP contribution is -2.21. The molecule has 0 saturated carbocycles. The summed E-state index contributed by atoms with van der Waals surface area (Å²) in [5, 5.41) is 19.0. The highest BCUT2D eigenvalue weighted by atomic mass is 32.1. The van der Waals surface area contributed by atoms with Crippen LogP contribution in [0.2, 0.25) is 0 Å². The van der Waals surface area contributed by atoms with Gasteiger partial charge in [-0.1, -0.05) is 0 Å². The maximum Gasteiger partial charge on any atom is 0.347 e. The van der Waals surface area contributed by atoms with E-state index in [0.29, 0.717) is 11.6 Å². The van der Waals surface area contributed by atoms with Gasteiger partial charge in [-0.2, -0.15) is 0 Å². The summed E-state index contributed by atoms with van der Waals surface area (Å²) in [6.45, 7) is 1.40. The number of β-amino-alcohol motifs (C(OH)–C–C–N with tert-alkyl or cyclic N) is 1. The third-order valence-corrected chi connectivity index (χ3v) is 4.23. The van der Waals surface area contributed by atoms with E-state index >= 15 is 0 Å². The molecule has 3 heterocycles. The third kappa shape index (κ3) is 2.50. The zero-order valence-corrected chi connectivity index (χ0v) is 11.4. The topological polar surface area (TPSA) is 86.5 Å². The van der Waals surface area contributed by atoms with E-state index in [1.807, 2.05) is 17.0 Å². The second kappa shape index (κ2) is 5.18. The molecule has 0 radical (unpaired) electrons. The highest BCUT2D eigenvalue weighted by molar-refractivity contribution is 7.16. The van der Waals surface area contributed by atoms with Gasteiger partial charge in [-0.05, 0) is 18.6 Å². The summed E-state index contributed by atoms with van der Waals surface area (Å²) >= 11 is 1.13. The predicted molar refractivity (Wildman–Crippen MR) is 75.1 cm³/mol. The van der Waals surface area contributed by atoms with Crippen LogP contribution in [0.3, 0.4) is 0 Å². The summed E-state index contributed by atoms with van der Waals surface area (Å²) in [5.41, 5.74) is 0.797. The molecule has 20 heavy (non-hydrogen) atoms. The number of aliphatic hydroxyl groups excluding tert-OH is 1. The molecule has 0 aliphatic carbocycles. The van der Waals surface area contributed by atoms with Crippen molar-refractivity contribution in [3.05, 3.63) is 29.4 Å². The number of pyridine rings is 1. The first-order chi connectivity index (χ1) is 9.63. The monoisotopic (exact) mass is 291 g/mol. The van der Waals surface area contributed by atoms with Crippen molar-refractivity contribution in [2.45, 2.75) is 12.5 Å². The molecule has 2 N–H and O–H groups in total. The highest BCUT2D eigenvalue weighted by Crippen LogP contribution is 2.26. The Kier molecular flexibility index (Phi) is 3.37. The molecular weight excluding hydrogens is 278 g/mol. The number of aliphatic hydroxyl groups is 1. The van der Waals surface area contributed by atoms with E-state index in [0.717, 1.165) is 35.7 Å².